The van der Waals surface area contributed by atoms with E-state index in [1.807, 2.05) is 0 Å². The van der Waals surface area contributed by atoms with Gasteiger partial charge in [-0.3, -0.25) is 0 Å². The molecule has 0 bridgehead atoms. The maximum Gasteiger partial charge on any atom is 0 e. The number of hydrogen-bond acceptors (Lipinski definition) is 0. The van der Waals surface area contributed by atoms with Crippen LogP contribution in [0, 0.1) is 33.3 Å². The molecule has 3 rings (SSSR count). The van der Waals surface area contributed by atoms with Gasteiger partial charge in [-0.1, -0.05) is 19.3 Å². The summed E-state index contributed by atoms with van der Waals surface area (Å²) in [5.41, 5.74) is 3.68. The fraction of sp³-hybridized carbons (Fsp3) is 0.783. The summed E-state index contributed by atoms with van der Waals surface area (Å²) in [5.74, 6) is 0. The van der Waals surface area contributed by atoms with Gasteiger partial charge in [0.1, 0.15) is 0 Å². The molecule has 0 unspecified atom stereocenters. The van der Waals surface area contributed by atoms with Crippen molar-refractivity contribution in [1.82, 2.24) is 0 Å². The van der Waals surface area contributed by atoms with Gasteiger partial charge in [0.15, 0.2) is 0 Å². The second-order valence-corrected chi connectivity index (χ2v) is 11.0. The Kier molecular flexibility index (Phi) is 38.4. The van der Waals surface area contributed by atoms with Crippen LogP contribution in [0.3, 0.4) is 0 Å². The molecular weight excluding hydrogens is 483 g/mol. The average Bonchev–Trinajstić information content (AvgIpc) is 2.88. The summed E-state index contributed by atoms with van der Waals surface area (Å²) < 4.78 is 37.5. The van der Waals surface area contributed by atoms with Crippen molar-refractivity contribution in [3.8, 4) is 0 Å². The zero-order valence-electron chi connectivity index (χ0n) is 17.8. The molecule has 0 aromatic carbocycles. The molecule has 0 N–H and O–H groups in total. The minimum Gasteiger partial charge on any atom is 0 e. The predicted molar refractivity (Wildman–Crippen MR) is 109 cm³/mol. The Bertz CT molecular complexity index is 365. The molecule has 3 aliphatic carbocycles. The zero-order chi connectivity index (χ0) is 22.9. The van der Waals surface area contributed by atoms with Gasteiger partial charge in [0.2, 0.25) is 0 Å². The smallest absolute Gasteiger partial charge is 0 e. The molecule has 0 aliphatic heterocycles. The SMILES string of the molecule is C1CCC([PH+](C2CCCCC2)C2CCCCC2)CC1.[C-]#[O+].[C-]#[O+].[C-]#[O+].[C-]#[O+].[C-]#[O+].[Mo]. The molecule has 7 heteroatoms. The third-order valence-corrected chi connectivity index (χ3v) is 10.8. The molecule has 3 aliphatic rings. The molecule has 0 saturated heterocycles. The van der Waals surface area contributed by atoms with Crippen molar-refractivity contribution in [2.45, 2.75) is 113 Å². The molecule has 0 amide bonds. The van der Waals surface area contributed by atoms with E-state index in [-0.39, 0.29) is 29.0 Å². The second kappa shape index (κ2) is 31.0. The minimum atomic E-state index is -0.0465. The van der Waals surface area contributed by atoms with Crippen LogP contribution >= 0.6 is 7.92 Å². The molecule has 5 nitrogen and oxygen atoms in total. The molecule has 0 heterocycles. The first-order valence-electron chi connectivity index (χ1n) is 10.3. The van der Waals surface area contributed by atoms with E-state index in [1.165, 1.54) is 17.0 Å². The Morgan fingerprint density at radius 2 is 0.533 bits per heavy atom. The van der Waals surface area contributed by atoms with E-state index >= 15 is 0 Å². The minimum absolute atomic E-state index is 0. The first kappa shape index (κ1) is 37.2. The summed E-state index contributed by atoms with van der Waals surface area (Å²) in [6.45, 7) is 22.5. The maximum atomic E-state index is 7.50. The molecule has 3 saturated carbocycles. The van der Waals surface area contributed by atoms with Crippen LogP contribution in [-0.2, 0) is 44.3 Å². The summed E-state index contributed by atoms with van der Waals surface area (Å²) in [6.07, 6.45) is 23.8. The molecule has 0 radical (unpaired) electrons. The van der Waals surface area contributed by atoms with Crippen LogP contribution in [0.1, 0.15) is 96.3 Å². The first-order chi connectivity index (χ1) is 14.4. The van der Waals surface area contributed by atoms with E-state index < -0.39 is 0 Å². The summed E-state index contributed by atoms with van der Waals surface area (Å²) in [7, 11) is -0.0465. The van der Waals surface area contributed by atoms with Crippen LogP contribution in [-0.4, -0.2) is 17.0 Å². The average molecular weight is 517 g/mol. The molecule has 0 aromatic rings. The van der Waals surface area contributed by atoms with Gasteiger partial charge in [-0.05, 0) is 77.0 Å². The van der Waals surface area contributed by atoms with Crippen molar-refractivity contribution >= 4 is 7.92 Å². The van der Waals surface area contributed by atoms with Crippen LogP contribution in [0.2, 0.25) is 0 Å². The Morgan fingerprint density at radius 3 is 0.700 bits per heavy atom. The normalized spacial score (nSPS) is 18.6. The standard InChI is InChI=1S/C18H33P.5CO.Mo/c1-4-10-16(11-5-1)19(17-12-6-2-7-13-17)18-14-8-3-9-15-18;5*1-2;/h16-18H,1-15H2;;;;;;/p+1. The monoisotopic (exact) mass is 519 g/mol. The molecule has 166 valence electrons. The van der Waals surface area contributed by atoms with Gasteiger partial charge in [-0.15, -0.1) is 0 Å². The van der Waals surface area contributed by atoms with Crippen LogP contribution in [0.25, 0.3) is 0 Å². The molecular formula is C23H34MoO5P+. The topological polar surface area (TPSA) is 99.5 Å². The van der Waals surface area contributed by atoms with Crippen LogP contribution in [0.5, 0.6) is 0 Å². The predicted octanol–water partition coefficient (Wildman–Crippen LogP) is 6.01. The number of hydrogen-bond donors (Lipinski definition) is 0. The van der Waals surface area contributed by atoms with Gasteiger partial charge in [-0.2, -0.15) is 0 Å². The third-order valence-electron chi connectivity index (χ3n) is 6.23. The Balaban J connectivity index is -0.000000271. The van der Waals surface area contributed by atoms with Gasteiger partial charge < -0.3 is 0 Å². The van der Waals surface area contributed by atoms with E-state index in [1.54, 1.807) is 96.3 Å². The second-order valence-electron chi connectivity index (χ2n) is 7.50. The van der Waals surface area contributed by atoms with E-state index in [0.717, 1.165) is 0 Å². The maximum absolute atomic E-state index is 7.50. The van der Waals surface area contributed by atoms with Crippen molar-refractivity contribution in [1.29, 1.82) is 0 Å². The quantitative estimate of drug-likeness (QED) is 0.190. The molecule has 0 aromatic heterocycles. The fourth-order valence-electron chi connectivity index (χ4n) is 5.31. The molecule has 30 heavy (non-hydrogen) atoms. The molecule has 0 spiro atoms. The van der Waals surface area contributed by atoms with Gasteiger partial charge in [0.05, 0.1) is 17.0 Å². The van der Waals surface area contributed by atoms with Crippen molar-refractivity contribution in [3.05, 3.63) is 33.3 Å². The summed E-state index contributed by atoms with van der Waals surface area (Å²) in [4.78, 5) is 0. The van der Waals surface area contributed by atoms with Crippen LogP contribution < -0.4 is 0 Å². The van der Waals surface area contributed by atoms with E-state index in [9.17, 15) is 0 Å². The Labute approximate surface area is 198 Å². The van der Waals surface area contributed by atoms with Crippen LogP contribution in [0.4, 0.5) is 0 Å². The first-order valence-corrected chi connectivity index (χ1v) is 12.1. The van der Waals surface area contributed by atoms with E-state index in [2.05, 4.69) is 33.3 Å². The third kappa shape index (κ3) is 15.6. The fourth-order valence-corrected chi connectivity index (χ4v) is 10.5. The van der Waals surface area contributed by atoms with Crippen molar-refractivity contribution in [2.75, 3.05) is 0 Å². The number of rotatable bonds is 3. The summed E-state index contributed by atoms with van der Waals surface area (Å²) in [5, 5.41) is 0. The zero-order valence-corrected chi connectivity index (χ0v) is 20.8. The largest absolute Gasteiger partial charge is 0 e. The summed E-state index contributed by atoms with van der Waals surface area (Å²) >= 11 is 0. The van der Waals surface area contributed by atoms with Crippen molar-refractivity contribution in [3.63, 3.8) is 0 Å². The van der Waals surface area contributed by atoms with Crippen LogP contribution in [0.15, 0.2) is 0 Å². The van der Waals surface area contributed by atoms with Crippen molar-refractivity contribution < 1.29 is 44.3 Å². The van der Waals surface area contributed by atoms with Gasteiger partial charge in [0.25, 0.3) is 0 Å². The summed E-state index contributed by atoms with van der Waals surface area (Å²) in [6, 6.07) is 0. The van der Waals surface area contributed by atoms with Gasteiger partial charge >= 0.3 is 56.5 Å². The molecule has 3 fully saturated rings. The molecule has 0 atom stereocenters. The van der Waals surface area contributed by atoms with Crippen molar-refractivity contribution in [2.24, 2.45) is 0 Å². The van der Waals surface area contributed by atoms with E-state index in [0.29, 0.717) is 0 Å². The van der Waals surface area contributed by atoms with E-state index in [4.69, 9.17) is 23.3 Å². The Hall–Kier alpha value is -0.182. The Morgan fingerprint density at radius 1 is 0.367 bits per heavy atom. The van der Waals surface area contributed by atoms with Gasteiger partial charge in [0, 0.05) is 29.0 Å². The van der Waals surface area contributed by atoms with Gasteiger partial charge in [-0.25, -0.2) is 0 Å².